The molecular formula is C17H24O. The van der Waals surface area contributed by atoms with Crippen LogP contribution in [0.2, 0.25) is 0 Å². The van der Waals surface area contributed by atoms with E-state index in [1.165, 1.54) is 44.9 Å². The van der Waals surface area contributed by atoms with Crippen LogP contribution >= 0.6 is 0 Å². The number of unbranched alkanes of at least 4 members (excludes halogenated alkanes) is 1. The minimum Gasteiger partial charge on any atom is -0.294 e. The van der Waals surface area contributed by atoms with E-state index in [4.69, 9.17) is 0 Å². The van der Waals surface area contributed by atoms with Gasteiger partial charge in [0, 0.05) is 12.0 Å². The fourth-order valence-electron chi connectivity index (χ4n) is 2.96. The van der Waals surface area contributed by atoms with Crippen molar-refractivity contribution in [3.05, 3.63) is 35.9 Å². The molecule has 0 heterocycles. The van der Waals surface area contributed by atoms with Gasteiger partial charge in [-0.05, 0) is 12.3 Å². The Kier molecular flexibility index (Phi) is 5.44. The van der Waals surface area contributed by atoms with Gasteiger partial charge in [0.1, 0.15) is 0 Å². The topological polar surface area (TPSA) is 17.1 Å². The van der Waals surface area contributed by atoms with Crippen LogP contribution in [0.4, 0.5) is 0 Å². The van der Waals surface area contributed by atoms with E-state index in [1.807, 2.05) is 30.3 Å². The highest BCUT2D eigenvalue weighted by atomic mass is 16.1. The van der Waals surface area contributed by atoms with E-state index in [0.717, 1.165) is 24.3 Å². The van der Waals surface area contributed by atoms with Crippen molar-refractivity contribution < 1.29 is 4.79 Å². The quantitative estimate of drug-likeness (QED) is 0.508. The van der Waals surface area contributed by atoms with Crippen LogP contribution in [0, 0.1) is 5.92 Å². The highest BCUT2D eigenvalue weighted by molar-refractivity contribution is 5.95. The van der Waals surface area contributed by atoms with E-state index in [1.54, 1.807) is 0 Å². The zero-order chi connectivity index (χ0) is 12.6. The monoisotopic (exact) mass is 244 g/mol. The molecule has 1 aromatic carbocycles. The molecule has 0 bridgehead atoms. The minimum absolute atomic E-state index is 0.305. The summed E-state index contributed by atoms with van der Waals surface area (Å²) in [4.78, 5) is 11.9. The highest BCUT2D eigenvalue weighted by Crippen LogP contribution is 2.27. The van der Waals surface area contributed by atoms with Gasteiger partial charge in [-0.15, -0.1) is 0 Å². The van der Waals surface area contributed by atoms with Gasteiger partial charge in [0.15, 0.2) is 5.78 Å². The van der Waals surface area contributed by atoms with E-state index in [0.29, 0.717) is 5.78 Å². The Labute approximate surface area is 111 Å². The zero-order valence-electron chi connectivity index (χ0n) is 11.2. The van der Waals surface area contributed by atoms with Crippen LogP contribution < -0.4 is 0 Å². The molecule has 18 heavy (non-hydrogen) atoms. The second-order valence-corrected chi connectivity index (χ2v) is 5.54. The van der Waals surface area contributed by atoms with Crippen molar-refractivity contribution in [3.63, 3.8) is 0 Å². The highest BCUT2D eigenvalue weighted by Gasteiger charge is 2.13. The standard InChI is InChI=1S/C17H24O/c18-17(16-12-5-2-6-13-16)14-8-7-11-15-9-3-1-4-10-15/h2,5-6,12-13,15H,1,3-4,7-11,14H2. The molecule has 98 valence electrons. The van der Waals surface area contributed by atoms with Gasteiger partial charge in [0.2, 0.25) is 0 Å². The number of carbonyl (C=O) groups excluding carboxylic acids is 1. The van der Waals surface area contributed by atoms with Crippen LogP contribution in [0.5, 0.6) is 0 Å². The van der Waals surface area contributed by atoms with Gasteiger partial charge >= 0.3 is 0 Å². The zero-order valence-corrected chi connectivity index (χ0v) is 11.2. The van der Waals surface area contributed by atoms with E-state index in [9.17, 15) is 4.79 Å². The Bertz CT molecular complexity index is 349. The Morgan fingerprint density at radius 1 is 1.00 bits per heavy atom. The number of hydrogen-bond donors (Lipinski definition) is 0. The number of Topliss-reactive ketones (excluding diaryl/α,β-unsaturated/α-hetero) is 1. The van der Waals surface area contributed by atoms with Crippen LogP contribution in [0.3, 0.4) is 0 Å². The van der Waals surface area contributed by atoms with Crippen molar-refractivity contribution in [2.24, 2.45) is 5.92 Å². The Balaban J connectivity index is 1.62. The third-order valence-corrected chi connectivity index (χ3v) is 4.09. The van der Waals surface area contributed by atoms with Gasteiger partial charge in [-0.25, -0.2) is 0 Å². The molecule has 2 rings (SSSR count). The number of ketones is 1. The summed E-state index contributed by atoms with van der Waals surface area (Å²) in [6.45, 7) is 0. The lowest BCUT2D eigenvalue weighted by Gasteiger charge is -2.21. The summed E-state index contributed by atoms with van der Waals surface area (Å²) in [5.41, 5.74) is 0.871. The maximum absolute atomic E-state index is 11.9. The summed E-state index contributed by atoms with van der Waals surface area (Å²) in [6.07, 6.45) is 11.5. The molecule has 0 N–H and O–H groups in total. The number of rotatable bonds is 6. The molecule has 1 heteroatoms. The van der Waals surface area contributed by atoms with Crippen LogP contribution in [-0.2, 0) is 0 Å². The van der Waals surface area contributed by atoms with Gasteiger partial charge in [-0.3, -0.25) is 4.79 Å². The molecule has 1 aromatic rings. The summed E-state index contributed by atoms with van der Waals surface area (Å²) >= 11 is 0. The van der Waals surface area contributed by atoms with E-state index in [2.05, 4.69) is 0 Å². The first-order valence-electron chi connectivity index (χ1n) is 7.44. The summed E-state index contributed by atoms with van der Waals surface area (Å²) in [6, 6.07) is 9.68. The maximum atomic E-state index is 11.9. The van der Waals surface area contributed by atoms with Crippen molar-refractivity contribution in [2.45, 2.75) is 57.8 Å². The number of benzene rings is 1. The van der Waals surface area contributed by atoms with Crippen molar-refractivity contribution in [1.82, 2.24) is 0 Å². The molecular weight excluding hydrogens is 220 g/mol. The molecule has 1 aliphatic rings. The maximum Gasteiger partial charge on any atom is 0.162 e. The Morgan fingerprint density at radius 3 is 2.44 bits per heavy atom. The molecule has 1 aliphatic carbocycles. The number of carbonyl (C=O) groups is 1. The lowest BCUT2D eigenvalue weighted by Crippen LogP contribution is -2.06. The molecule has 0 aromatic heterocycles. The van der Waals surface area contributed by atoms with Gasteiger partial charge < -0.3 is 0 Å². The largest absolute Gasteiger partial charge is 0.294 e. The lowest BCUT2D eigenvalue weighted by molar-refractivity contribution is 0.0978. The van der Waals surface area contributed by atoms with Crippen molar-refractivity contribution in [1.29, 1.82) is 0 Å². The van der Waals surface area contributed by atoms with E-state index < -0.39 is 0 Å². The van der Waals surface area contributed by atoms with Crippen molar-refractivity contribution >= 4 is 5.78 Å². The normalized spacial score (nSPS) is 16.7. The van der Waals surface area contributed by atoms with Crippen LogP contribution in [-0.4, -0.2) is 5.78 Å². The second kappa shape index (κ2) is 7.35. The molecule has 0 saturated heterocycles. The molecule has 1 fully saturated rings. The molecule has 0 spiro atoms. The van der Waals surface area contributed by atoms with Gasteiger partial charge in [-0.1, -0.05) is 75.3 Å². The third kappa shape index (κ3) is 4.29. The van der Waals surface area contributed by atoms with Crippen LogP contribution in [0.25, 0.3) is 0 Å². The molecule has 0 aliphatic heterocycles. The third-order valence-electron chi connectivity index (χ3n) is 4.09. The second-order valence-electron chi connectivity index (χ2n) is 5.54. The minimum atomic E-state index is 0.305. The summed E-state index contributed by atoms with van der Waals surface area (Å²) in [7, 11) is 0. The first kappa shape index (κ1) is 13.3. The molecule has 1 saturated carbocycles. The van der Waals surface area contributed by atoms with Crippen molar-refractivity contribution in [2.75, 3.05) is 0 Å². The average Bonchev–Trinajstić information content (AvgIpc) is 2.45. The fraction of sp³-hybridized carbons (Fsp3) is 0.588. The average molecular weight is 244 g/mol. The molecule has 1 nitrogen and oxygen atoms in total. The SMILES string of the molecule is O=C(CCCCC1CCCCC1)c1ccccc1. The lowest BCUT2D eigenvalue weighted by atomic mass is 9.85. The van der Waals surface area contributed by atoms with E-state index >= 15 is 0 Å². The first-order chi connectivity index (χ1) is 8.86. The van der Waals surface area contributed by atoms with Gasteiger partial charge in [0.05, 0.1) is 0 Å². The fourth-order valence-corrected chi connectivity index (χ4v) is 2.96. The molecule has 0 unspecified atom stereocenters. The smallest absolute Gasteiger partial charge is 0.162 e. The summed E-state index contributed by atoms with van der Waals surface area (Å²) in [5.74, 6) is 1.25. The predicted molar refractivity (Wildman–Crippen MR) is 75.8 cm³/mol. The predicted octanol–water partition coefficient (Wildman–Crippen LogP) is 5.01. The van der Waals surface area contributed by atoms with E-state index in [-0.39, 0.29) is 0 Å². The van der Waals surface area contributed by atoms with Crippen LogP contribution in [0.15, 0.2) is 30.3 Å². The van der Waals surface area contributed by atoms with Gasteiger partial charge in [0.25, 0.3) is 0 Å². The molecule has 0 atom stereocenters. The first-order valence-corrected chi connectivity index (χ1v) is 7.44. The summed E-state index contributed by atoms with van der Waals surface area (Å²) in [5, 5.41) is 0. The molecule has 0 amide bonds. The summed E-state index contributed by atoms with van der Waals surface area (Å²) < 4.78 is 0. The van der Waals surface area contributed by atoms with Gasteiger partial charge in [-0.2, -0.15) is 0 Å². The van der Waals surface area contributed by atoms with Crippen molar-refractivity contribution in [3.8, 4) is 0 Å². The Morgan fingerprint density at radius 2 is 1.72 bits per heavy atom. The molecule has 0 radical (unpaired) electrons. The Hall–Kier alpha value is -1.11. The number of hydrogen-bond acceptors (Lipinski definition) is 1. The van der Waals surface area contributed by atoms with Crippen LogP contribution in [0.1, 0.15) is 68.1 Å².